The molecule has 3 heterocycles. The molecule has 0 spiro atoms. The minimum Gasteiger partial charge on any atom is -0.493 e. The molecule has 7 nitrogen and oxygen atoms in total. The molecule has 1 aliphatic heterocycles. The quantitative estimate of drug-likeness (QED) is 0.562. The van der Waals surface area contributed by atoms with E-state index in [0.29, 0.717) is 22.5 Å². The van der Waals surface area contributed by atoms with E-state index in [1.54, 1.807) is 6.07 Å². The first-order valence-corrected chi connectivity index (χ1v) is 12.8. The van der Waals surface area contributed by atoms with Crippen molar-refractivity contribution in [2.75, 3.05) is 11.5 Å². The van der Waals surface area contributed by atoms with E-state index in [2.05, 4.69) is 29.7 Å². The van der Waals surface area contributed by atoms with Crippen LogP contribution in [0.25, 0.3) is 0 Å². The van der Waals surface area contributed by atoms with Crippen LogP contribution in [0.2, 0.25) is 25.7 Å². The van der Waals surface area contributed by atoms with E-state index in [-0.39, 0.29) is 31.4 Å². The fourth-order valence-electron chi connectivity index (χ4n) is 3.02. The van der Waals surface area contributed by atoms with Gasteiger partial charge in [-0.3, -0.25) is 4.79 Å². The summed E-state index contributed by atoms with van der Waals surface area (Å²) in [6.45, 7) is 6.68. The molecule has 0 amide bonds. The highest BCUT2D eigenvalue weighted by atomic mass is 28.3. The van der Waals surface area contributed by atoms with Crippen molar-refractivity contribution in [1.82, 2.24) is 14.8 Å². The average molecular weight is 428 g/mol. The summed E-state index contributed by atoms with van der Waals surface area (Å²) in [5.74, 6) is -0.203. The highest BCUT2D eigenvalue weighted by molar-refractivity contribution is 6.76. The second-order valence-corrected chi connectivity index (χ2v) is 13.8. The fraction of sp³-hybridized carbons (Fsp3) is 0.500. The standard InChI is InChI=1S/C18H23F3N4O3Si/c1-29(2,3)7-6-28-11-25-17(27)16(18(19,20)21)14(8-22-25)24-9-12-4-5-15(26)23-13(12)10-24/h4-5,8H,6-7,9-11H2,1-3H3,(H,23,26). The van der Waals surface area contributed by atoms with Crippen molar-refractivity contribution in [1.29, 1.82) is 0 Å². The van der Waals surface area contributed by atoms with Crippen LogP contribution in [0.5, 0.6) is 5.88 Å². The van der Waals surface area contributed by atoms with Gasteiger partial charge in [0.15, 0.2) is 0 Å². The van der Waals surface area contributed by atoms with Crippen LogP contribution in [0, 0.1) is 0 Å². The van der Waals surface area contributed by atoms with E-state index in [4.69, 9.17) is 4.74 Å². The van der Waals surface area contributed by atoms with Gasteiger partial charge < -0.3 is 14.7 Å². The molecule has 0 fully saturated rings. The molecule has 3 rings (SSSR count). The van der Waals surface area contributed by atoms with Crippen molar-refractivity contribution in [3.63, 3.8) is 0 Å². The molecule has 0 bridgehead atoms. The van der Waals surface area contributed by atoms with Crippen LogP contribution in [-0.4, -0.2) is 34.6 Å². The predicted octanol–water partition coefficient (Wildman–Crippen LogP) is 3.20. The highest BCUT2D eigenvalue weighted by Crippen LogP contribution is 2.37. The third-order valence-electron chi connectivity index (χ3n) is 4.61. The number of pyridine rings is 1. The van der Waals surface area contributed by atoms with Crippen LogP contribution < -0.4 is 10.5 Å². The molecule has 0 unspecified atom stereocenters. The molecule has 11 heteroatoms. The Bertz CT molecular complexity index is 957. The number of anilines is 1. The number of aromatic hydroxyl groups is 1. The molecule has 0 radical (unpaired) electrons. The summed E-state index contributed by atoms with van der Waals surface area (Å²) in [6.07, 6.45) is -3.81. The number of fused-ring (bicyclic) bond motifs is 1. The number of nitrogens with zero attached hydrogens (tertiary/aromatic N) is 4. The van der Waals surface area contributed by atoms with Gasteiger partial charge in [0, 0.05) is 27.3 Å². The number of ether oxygens (including phenoxy) is 1. The first-order valence-electron chi connectivity index (χ1n) is 9.13. The molecule has 0 atom stereocenters. The van der Waals surface area contributed by atoms with Gasteiger partial charge in [0.25, 0.3) is 5.56 Å². The van der Waals surface area contributed by atoms with Gasteiger partial charge in [0.05, 0.1) is 24.1 Å². The Labute approximate surface area is 166 Å². The summed E-state index contributed by atoms with van der Waals surface area (Å²) in [5, 5.41) is 13.4. The lowest BCUT2D eigenvalue weighted by Crippen LogP contribution is -2.34. The number of alkyl halides is 3. The van der Waals surface area contributed by atoms with Crippen molar-refractivity contribution >= 4 is 13.8 Å². The van der Waals surface area contributed by atoms with E-state index in [1.165, 1.54) is 11.0 Å². The molecular weight excluding hydrogens is 405 g/mol. The average Bonchev–Trinajstić information content (AvgIpc) is 3.00. The Hall–Kier alpha value is -2.40. The maximum Gasteiger partial charge on any atom is 0.423 e. The molecule has 2 aromatic heterocycles. The summed E-state index contributed by atoms with van der Waals surface area (Å²) in [4.78, 5) is 17.9. The number of hydrogen-bond donors (Lipinski definition) is 1. The zero-order chi connectivity index (χ0) is 21.4. The summed E-state index contributed by atoms with van der Waals surface area (Å²) in [6, 6.07) is 3.81. The molecule has 0 saturated heterocycles. The van der Waals surface area contributed by atoms with E-state index in [9.17, 15) is 23.1 Å². The third kappa shape index (κ3) is 4.96. The van der Waals surface area contributed by atoms with Crippen molar-refractivity contribution in [3.8, 4) is 5.88 Å². The zero-order valence-electron chi connectivity index (χ0n) is 16.5. The number of hydrogen-bond acceptors (Lipinski definition) is 6. The van der Waals surface area contributed by atoms with Gasteiger partial charge in [0.2, 0.25) is 5.88 Å². The lowest BCUT2D eigenvalue weighted by molar-refractivity contribution is -0.138. The number of aromatic nitrogens is 3. The summed E-state index contributed by atoms with van der Waals surface area (Å²) in [7, 11) is -1.35. The van der Waals surface area contributed by atoms with Crippen LogP contribution >= 0.6 is 0 Å². The van der Waals surface area contributed by atoms with Crippen LogP contribution in [-0.2, 0) is 30.7 Å². The monoisotopic (exact) mass is 428 g/mol. The van der Waals surface area contributed by atoms with E-state index in [0.717, 1.165) is 12.2 Å². The maximum absolute atomic E-state index is 13.7. The van der Waals surface area contributed by atoms with Gasteiger partial charge in [-0.25, -0.2) is 9.67 Å². The fourth-order valence-corrected chi connectivity index (χ4v) is 3.78. The molecule has 1 N–H and O–H groups in total. The van der Waals surface area contributed by atoms with Crippen molar-refractivity contribution < 1.29 is 23.0 Å². The van der Waals surface area contributed by atoms with Crippen molar-refractivity contribution in [2.45, 2.75) is 51.7 Å². The smallest absolute Gasteiger partial charge is 0.423 e. The Kier molecular flexibility index (Phi) is 5.72. The molecule has 0 aromatic carbocycles. The molecule has 2 aromatic rings. The molecule has 0 aliphatic carbocycles. The second kappa shape index (κ2) is 7.79. The topological polar surface area (TPSA) is 80.5 Å². The Balaban J connectivity index is 1.86. The lowest BCUT2D eigenvalue weighted by Gasteiger charge is -2.22. The molecule has 158 valence electrons. The van der Waals surface area contributed by atoms with E-state index in [1.807, 2.05) is 0 Å². The summed E-state index contributed by atoms with van der Waals surface area (Å²) in [5.41, 5.74) is -1.67. The van der Waals surface area contributed by atoms with Crippen LogP contribution in [0.1, 0.15) is 16.8 Å². The third-order valence-corrected chi connectivity index (χ3v) is 6.32. The predicted molar refractivity (Wildman–Crippen MR) is 103 cm³/mol. The van der Waals surface area contributed by atoms with Gasteiger partial charge in [0.1, 0.15) is 12.3 Å². The van der Waals surface area contributed by atoms with Crippen molar-refractivity contribution in [3.05, 3.63) is 45.5 Å². The highest BCUT2D eigenvalue weighted by Gasteiger charge is 2.40. The normalized spacial score (nSPS) is 14.3. The Morgan fingerprint density at radius 2 is 1.97 bits per heavy atom. The Morgan fingerprint density at radius 1 is 1.24 bits per heavy atom. The van der Waals surface area contributed by atoms with Crippen LogP contribution in [0.4, 0.5) is 18.9 Å². The molecule has 29 heavy (non-hydrogen) atoms. The van der Waals surface area contributed by atoms with Crippen LogP contribution in [0.3, 0.4) is 0 Å². The molecule has 1 aliphatic rings. The minimum atomic E-state index is -4.85. The first-order chi connectivity index (χ1) is 13.5. The SMILES string of the molecule is C[Si](C)(C)CCOCn1ncc(N2Cc3ccc(O)nc3C2)c(C(F)(F)F)c1=O. The maximum atomic E-state index is 13.7. The van der Waals surface area contributed by atoms with Gasteiger partial charge in [-0.2, -0.15) is 18.3 Å². The molecule has 0 saturated carbocycles. The zero-order valence-corrected chi connectivity index (χ0v) is 17.5. The summed E-state index contributed by atoms with van der Waals surface area (Å²) < 4.78 is 47.3. The van der Waals surface area contributed by atoms with Gasteiger partial charge >= 0.3 is 6.18 Å². The minimum absolute atomic E-state index is 0.0463. The van der Waals surface area contributed by atoms with Crippen molar-refractivity contribution in [2.24, 2.45) is 0 Å². The van der Waals surface area contributed by atoms with E-state index >= 15 is 0 Å². The van der Waals surface area contributed by atoms with Gasteiger partial charge in [-0.15, -0.1) is 0 Å². The second-order valence-electron chi connectivity index (χ2n) is 8.19. The number of halogens is 3. The van der Waals surface area contributed by atoms with Gasteiger partial charge in [-0.05, 0) is 17.7 Å². The summed E-state index contributed by atoms with van der Waals surface area (Å²) >= 11 is 0. The first kappa shape index (κ1) is 21.3. The van der Waals surface area contributed by atoms with Gasteiger partial charge in [-0.1, -0.05) is 19.6 Å². The molecular formula is C18H23F3N4O3Si. The van der Waals surface area contributed by atoms with E-state index < -0.39 is 25.4 Å². The Morgan fingerprint density at radius 3 is 2.62 bits per heavy atom. The number of rotatable bonds is 6. The largest absolute Gasteiger partial charge is 0.493 e. The van der Waals surface area contributed by atoms with Crippen LogP contribution in [0.15, 0.2) is 23.1 Å². The lowest BCUT2D eigenvalue weighted by atomic mass is 10.2.